The molecule has 0 amide bonds. The molecular weight excluding hydrogens is 166 g/mol. The predicted molar refractivity (Wildman–Crippen MR) is 51.1 cm³/mol. The Morgan fingerprint density at radius 3 is 3.08 bits per heavy atom. The van der Waals surface area contributed by atoms with E-state index in [1.54, 1.807) is 13.3 Å². The van der Waals surface area contributed by atoms with Gasteiger partial charge >= 0.3 is 0 Å². The summed E-state index contributed by atoms with van der Waals surface area (Å²) in [7, 11) is 1.63. The number of methoxy groups -OCH3 is 1. The minimum absolute atomic E-state index is 0.512. The van der Waals surface area contributed by atoms with Crippen LogP contribution in [0.3, 0.4) is 0 Å². The second-order valence-corrected chi connectivity index (χ2v) is 3.06. The summed E-state index contributed by atoms with van der Waals surface area (Å²) in [5.74, 6) is 0.661. The Morgan fingerprint density at radius 1 is 1.62 bits per heavy atom. The third-order valence-corrected chi connectivity index (χ3v) is 2.11. The monoisotopic (exact) mass is 179 g/mol. The Hall–Kier alpha value is -1.29. The van der Waals surface area contributed by atoms with Crippen molar-refractivity contribution in [2.24, 2.45) is 0 Å². The van der Waals surface area contributed by atoms with Crippen LogP contribution in [0.4, 0.5) is 5.69 Å². The van der Waals surface area contributed by atoms with Crippen LogP contribution in [0, 0.1) is 0 Å². The minimum atomic E-state index is 0.512. The van der Waals surface area contributed by atoms with Crippen LogP contribution in [0.15, 0.2) is 18.3 Å². The van der Waals surface area contributed by atoms with Crippen LogP contribution < -0.4 is 15.4 Å². The number of nitrogens with zero attached hydrogens (tertiary/aromatic N) is 1. The van der Waals surface area contributed by atoms with Gasteiger partial charge in [-0.25, -0.2) is 4.98 Å². The van der Waals surface area contributed by atoms with Crippen molar-refractivity contribution in [1.29, 1.82) is 0 Å². The summed E-state index contributed by atoms with van der Waals surface area (Å²) in [5.41, 5.74) is 0.969. The SMILES string of the molecule is COc1ncccc1NC1CNC1. The minimum Gasteiger partial charge on any atom is -0.480 e. The van der Waals surface area contributed by atoms with Gasteiger partial charge in [-0.3, -0.25) is 0 Å². The summed E-state index contributed by atoms with van der Waals surface area (Å²) in [4.78, 5) is 4.10. The molecule has 1 fully saturated rings. The summed E-state index contributed by atoms with van der Waals surface area (Å²) >= 11 is 0. The smallest absolute Gasteiger partial charge is 0.237 e. The molecule has 70 valence electrons. The topological polar surface area (TPSA) is 46.2 Å². The van der Waals surface area contributed by atoms with Crippen molar-refractivity contribution < 1.29 is 4.74 Å². The number of nitrogens with one attached hydrogen (secondary N) is 2. The lowest BCUT2D eigenvalue weighted by atomic mass is 10.2. The fraction of sp³-hybridized carbons (Fsp3) is 0.444. The molecule has 4 nitrogen and oxygen atoms in total. The fourth-order valence-corrected chi connectivity index (χ4v) is 1.27. The zero-order valence-corrected chi connectivity index (χ0v) is 7.58. The zero-order valence-electron chi connectivity index (χ0n) is 7.58. The second-order valence-electron chi connectivity index (χ2n) is 3.06. The maximum atomic E-state index is 5.12. The molecule has 0 saturated carbocycles. The summed E-state index contributed by atoms with van der Waals surface area (Å²) in [6, 6.07) is 4.39. The maximum Gasteiger partial charge on any atom is 0.237 e. The molecule has 0 spiro atoms. The van der Waals surface area contributed by atoms with E-state index in [9.17, 15) is 0 Å². The van der Waals surface area contributed by atoms with Gasteiger partial charge in [0.1, 0.15) is 0 Å². The predicted octanol–water partition coefficient (Wildman–Crippen LogP) is 0.474. The van der Waals surface area contributed by atoms with Crippen molar-refractivity contribution in [3.05, 3.63) is 18.3 Å². The first-order valence-corrected chi connectivity index (χ1v) is 4.36. The molecule has 1 aliphatic heterocycles. The average Bonchev–Trinajstić information content (AvgIpc) is 2.12. The van der Waals surface area contributed by atoms with Gasteiger partial charge in [-0.05, 0) is 12.1 Å². The molecule has 0 aromatic carbocycles. The van der Waals surface area contributed by atoms with E-state index in [1.165, 1.54) is 0 Å². The van der Waals surface area contributed by atoms with Crippen LogP contribution in [-0.4, -0.2) is 31.2 Å². The number of hydrogen-bond acceptors (Lipinski definition) is 4. The fourth-order valence-electron chi connectivity index (χ4n) is 1.27. The molecule has 1 aromatic rings. The van der Waals surface area contributed by atoms with E-state index in [0.29, 0.717) is 11.9 Å². The van der Waals surface area contributed by atoms with Crippen molar-refractivity contribution in [3.63, 3.8) is 0 Å². The molecule has 1 aromatic heterocycles. The first-order chi connectivity index (χ1) is 6.40. The molecule has 0 bridgehead atoms. The van der Waals surface area contributed by atoms with Gasteiger partial charge < -0.3 is 15.4 Å². The van der Waals surface area contributed by atoms with Crippen molar-refractivity contribution >= 4 is 5.69 Å². The quantitative estimate of drug-likeness (QED) is 0.708. The van der Waals surface area contributed by atoms with E-state index in [4.69, 9.17) is 4.74 Å². The number of pyridine rings is 1. The Kier molecular flexibility index (Phi) is 2.31. The average molecular weight is 179 g/mol. The van der Waals surface area contributed by atoms with Gasteiger partial charge in [0.25, 0.3) is 0 Å². The third-order valence-electron chi connectivity index (χ3n) is 2.11. The van der Waals surface area contributed by atoms with E-state index in [0.717, 1.165) is 18.8 Å². The number of aromatic nitrogens is 1. The van der Waals surface area contributed by atoms with E-state index in [1.807, 2.05) is 12.1 Å². The number of ether oxygens (including phenoxy) is 1. The van der Waals surface area contributed by atoms with E-state index < -0.39 is 0 Å². The molecule has 0 unspecified atom stereocenters. The molecule has 2 N–H and O–H groups in total. The van der Waals surface area contributed by atoms with E-state index >= 15 is 0 Å². The van der Waals surface area contributed by atoms with Gasteiger partial charge in [0.2, 0.25) is 5.88 Å². The van der Waals surface area contributed by atoms with Gasteiger partial charge in [-0.2, -0.15) is 0 Å². The van der Waals surface area contributed by atoms with Crippen molar-refractivity contribution in [2.75, 3.05) is 25.5 Å². The van der Waals surface area contributed by atoms with Crippen molar-refractivity contribution in [3.8, 4) is 5.88 Å². The lowest BCUT2D eigenvalue weighted by Crippen LogP contribution is -2.51. The third kappa shape index (κ3) is 1.72. The standard InChI is InChI=1S/C9H13N3O/c1-13-9-8(3-2-4-11-9)12-7-5-10-6-7/h2-4,7,10,12H,5-6H2,1H3. The van der Waals surface area contributed by atoms with Crippen LogP contribution in [0.1, 0.15) is 0 Å². The van der Waals surface area contributed by atoms with Crippen molar-refractivity contribution in [1.82, 2.24) is 10.3 Å². The highest BCUT2D eigenvalue weighted by Gasteiger charge is 2.17. The van der Waals surface area contributed by atoms with Crippen LogP contribution >= 0.6 is 0 Å². The number of hydrogen-bond donors (Lipinski definition) is 2. The van der Waals surface area contributed by atoms with E-state index in [2.05, 4.69) is 15.6 Å². The Morgan fingerprint density at radius 2 is 2.46 bits per heavy atom. The van der Waals surface area contributed by atoms with Gasteiger partial charge in [-0.15, -0.1) is 0 Å². The first kappa shape index (κ1) is 8.31. The van der Waals surface area contributed by atoms with Gasteiger partial charge in [0.05, 0.1) is 18.8 Å². The normalized spacial score (nSPS) is 16.4. The molecule has 2 heterocycles. The van der Waals surface area contributed by atoms with Gasteiger partial charge in [-0.1, -0.05) is 0 Å². The molecule has 13 heavy (non-hydrogen) atoms. The maximum absolute atomic E-state index is 5.12. The summed E-state index contributed by atoms with van der Waals surface area (Å²) < 4.78 is 5.12. The molecule has 4 heteroatoms. The summed E-state index contributed by atoms with van der Waals surface area (Å²) in [6.45, 7) is 2.02. The number of anilines is 1. The molecule has 2 rings (SSSR count). The lowest BCUT2D eigenvalue weighted by molar-refractivity contribution is 0.397. The highest BCUT2D eigenvalue weighted by molar-refractivity contribution is 5.53. The van der Waals surface area contributed by atoms with Crippen LogP contribution in [-0.2, 0) is 0 Å². The lowest BCUT2D eigenvalue weighted by Gasteiger charge is -2.29. The highest BCUT2D eigenvalue weighted by atomic mass is 16.5. The molecule has 0 atom stereocenters. The summed E-state index contributed by atoms with van der Waals surface area (Å²) in [6.07, 6.45) is 1.73. The largest absolute Gasteiger partial charge is 0.480 e. The number of rotatable bonds is 3. The van der Waals surface area contributed by atoms with Gasteiger partial charge in [0.15, 0.2) is 0 Å². The molecule has 0 radical (unpaired) electrons. The van der Waals surface area contributed by atoms with Crippen LogP contribution in [0.2, 0.25) is 0 Å². The molecule has 1 saturated heterocycles. The Bertz CT molecular complexity index is 286. The highest BCUT2D eigenvalue weighted by Crippen LogP contribution is 2.21. The van der Waals surface area contributed by atoms with Crippen LogP contribution in [0.5, 0.6) is 5.88 Å². The second kappa shape index (κ2) is 3.62. The van der Waals surface area contributed by atoms with Crippen LogP contribution in [0.25, 0.3) is 0 Å². The van der Waals surface area contributed by atoms with E-state index in [-0.39, 0.29) is 0 Å². The molecule has 1 aliphatic rings. The molecular formula is C9H13N3O. The van der Waals surface area contributed by atoms with Gasteiger partial charge in [0, 0.05) is 19.3 Å². The van der Waals surface area contributed by atoms with Crippen molar-refractivity contribution in [2.45, 2.75) is 6.04 Å². The zero-order chi connectivity index (χ0) is 9.10. The molecule has 0 aliphatic carbocycles. The summed E-state index contributed by atoms with van der Waals surface area (Å²) in [5, 5.41) is 6.54. The Balaban J connectivity index is 2.08. The first-order valence-electron chi connectivity index (χ1n) is 4.36. The Labute approximate surface area is 77.3 Å².